The topological polar surface area (TPSA) is 49.8 Å². The Hall–Kier alpha value is -2.59. The van der Waals surface area contributed by atoms with Gasteiger partial charge in [0.25, 0.3) is 0 Å². The Balaban J connectivity index is 2.56. The molecule has 0 radical (unpaired) electrons. The van der Waals surface area contributed by atoms with Crippen LogP contribution < -0.4 is 4.74 Å². The van der Waals surface area contributed by atoms with Gasteiger partial charge in [0.05, 0.1) is 6.42 Å². The van der Waals surface area contributed by atoms with Crippen molar-refractivity contribution in [2.45, 2.75) is 12.8 Å². The first-order valence-electron chi connectivity index (χ1n) is 8.27. The van der Waals surface area contributed by atoms with Crippen LogP contribution in [0.5, 0.6) is 5.75 Å². The van der Waals surface area contributed by atoms with E-state index in [4.69, 9.17) is 9.84 Å². The normalized spacial score (nSPS) is 15.6. The number of nitrogens with zero attached hydrogens (tertiary/aromatic N) is 1. The third kappa shape index (κ3) is 4.70. The number of allylic oxidation sites excluding steroid dienone is 3. The number of ether oxygens (including phenoxy) is 1. The third-order valence-corrected chi connectivity index (χ3v) is 4.08. The van der Waals surface area contributed by atoms with E-state index in [1.54, 1.807) is 12.1 Å². The SMILES string of the molecule is C=CC1=C(C=C)/C(=C/CCN(C)C)c2cc(CC(=O)O)ccc2OC1. The largest absolute Gasteiger partial charge is 0.488 e. The summed E-state index contributed by atoms with van der Waals surface area (Å²) in [4.78, 5) is 13.2. The van der Waals surface area contributed by atoms with Crippen molar-refractivity contribution >= 4 is 11.5 Å². The van der Waals surface area contributed by atoms with Crippen LogP contribution in [-0.4, -0.2) is 43.2 Å². The van der Waals surface area contributed by atoms with E-state index in [0.29, 0.717) is 6.61 Å². The Bertz CT molecular complexity index is 742. The fourth-order valence-corrected chi connectivity index (χ4v) is 2.85. The van der Waals surface area contributed by atoms with Crippen LogP contribution in [0.25, 0.3) is 5.57 Å². The van der Waals surface area contributed by atoms with Crippen LogP contribution in [0.1, 0.15) is 17.5 Å². The number of hydrogen-bond donors (Lipinski definition) is 1. The molecular weight excluding hydrogens is 314 g/mol. The lowest BCUT2D eigenvalue weighted by Gasteiger charge is -2.14. The van der Waals surface area contributed by atoms with Crippen molar-refractivity contribution in [1.29, 1.82) is 0 Å². The van der Waals surface area contributed by atoms with Gasteiger partial charge in [-0.2, -0.15) is 0 Å². The molecule has 4 heteroatoms. The Morgan fingerprint density at radius 3 is 2.68 bits per heavy atom. The molecule has 2 rings (SSSR count). The number of benzene rings is 1. The van der Waals surface area contributed by atoms with Gasteiger partial charge in [0.2, 0.25) is 0 Å². The van der Waals surface area contributed by atoms with E-state index < -0.39 is 5.97 Å². The minimum atomic E-state index is -0.848. The second-order valence-electron chi connectivity index (χ2n) is 6.25. The molecule has 1 aromatic rings. The lowest BCUT2D eigenvalue weighted by Crippen LogP contribution is -2.12. The number of carbonyl (C=O) groups is 1. The van der Waals surface area contributed by atoms with Crippen molar-refractivity contribution in [1.82, 2.24) is 4.90 Å². The van der Waals surface area contributed by atoms with Crippen molar-refractivity contribution in [3.63, 3.8) is 0 Å². The maximum absolute atomic E-state index is 11.1. The predicted octanol–water partition coefficient (Wildman–Crippen LogP) is 3.71. The molecule has 0 fully saturated rings. The fourth-order valence-electron chi connectivity index (χ4n) is 2.85. The molecule has 0 atom stereocenters. The molecule has 132 valence electrons. The molecule has 0 bridgehead atoms. The highest BCUT2D eigenvalue weighted by molar-refractivity contribution is 5.87. The summed E-state index contributed by atoms with van der Waals surface area (Å²) in [7, 11) is 4.07. The first kappa shape index (κ1) is 18.7. The van der Waals surface area contributed by atoms with Gasteiger partial charge in [-0.25, -0.2) is 0 Å². The number of aliphatic carboxylic acids is 1. The molecule has 1 N–H and O–H groups in total. The number of rotatable bonds is 7. The monoisotopic (exact) mass is 339 g/mol. The average Bonchev–Trinajstić information content (AvgIpc) is 2.70. The maximum Gasteiger partial charge on any atom is 0.307 e. The van der Waals surface area contributed by atoms with Gasteiger partial charge < -0.3 is 14.7 Å². The molecule has 1 aliphatic heterocycles. The van der Waals surface area contributed by atoms with Crippen molar-refractivity contribution in [3.8, 4) is 5.75 Å². The first-order valence-corrected chi connectivity index (χ1v) is 8.27. The van der Waals surface area contributed by atoms with Crippen LogP contribution in [0.4, 0.5) is 0 Å². The van der Waals surface area contributed by atoms with E-state index in [-0.39, 0.29) is 6.42 Å². The van der Waals surface area contributed by atoms with Gasteiger partial charge in [-0.15, -0.1) is 0 Å². The Labute approximate surface area is 149 Å². The zero-order valence-corrected chi connectivity index (χ0v) is 14.9. The summed E-state index contributed by atoms with van der Waals surface area (Å²) >= 11 is 0. The van der Waals surface area contributed by atoms with Crippen LogP contribution in [0.2, 0.25) is 0 Å². The van der Waals surface area contributed by atoms with E-state index >= 15 is 0 Å². The summed E-state index contributed by atoms with van der Waals surface area (Å²) in [6, 6.07) is 5.55. The summed E-state index contributed by atoms with van der Waals surface area (Å²) in [5, 5.41) is 9.08. The van der Waals surface area contributed by atoms with Gasteiger partial charge in [0, 0.05) is 12.1 Å². The second-order valence-corrected chi connectivity index (χ2v) is 6.25. The van der Waals surface area contributed by atoms with Crippen molar-refractivity contribution in [2.24, 2.45) is 0 Å². The van der Waals surface area contributed by atoms with Crippen LogP contribution >= 0.6 is 0 Å². The third-order valence-electron chi connectivity index (χ3n) is 4.08. The molecule has 1 aromatic carbocycles. The van der Waals surface area contributed by atoms with E-state index in [9.17, 15) is 4.79 Å². The van der Waals surface area contributed by atoms with Gasteiger partial charge in [-0.05, 0) is 54.9 Å². The van der Waals surface area contributed by atoms with Gasteiger partial charge in [0.15, 0.2) is 0 Å². The molecule has 0 aromatic heterocycles. The summed E-state index contributed by atoms with van der Waals surface area (Å²) in [6.07, 6.45) is 6.63. The zero-order chi connectivity index (χ0) is 18.4. The zero-order valence-electron chi connectivity index (χ0n) is 14.9. The Morgan fingerprint density at radius 2 is 2.08 bits per heavy atom. The molecule has 0 spiro atoms. The first-order chi connectivity index (χ1) is 12.0. The lowest BCUT2D eigenvalue weighted by molar-refractivity contribution is -0.136. The van der Waals surface area contributed by atoms with Crippen molar-refractivity contribution in [3.05, 3.63) is 71.9 Å². The van der Waals surface area contributed by atoms with Crippen LogP contribution in [0.3, 0.4) is 0 Å². The predicted molar refractivity (Wildman–Crippen MR) is 102 cm³/mol. The van der Waals surface area contributed by atoms with Gasteiger partial charge >= 0.3 is 5.97 Å². The van der Waals surface area contributed by atoms with Crippen LogP contribution in [0.15, 0.2) is 60.7 Å². The smallest absolute Gasteiger partial charge is 0.307 e. The lowest BCUT2D eigenvalue weighted by atomic mass is 9.91. The maximum atomic E-state index is 11.1. The highest BCUT2D eigenvalue weighted by atomic mass is 16.5. The van der Waals surface area contributed by atoms with E-state index in [0.717, 1.165) is 46.6 Å². The summed E-state index contributed by atoms with van der Waals surface area (Å²) in [5.74, 6) is -0.0969. The second kappa shape index (κ2) is 8.49. The molecule has 0 amide bonds. The van der Waals surface area contributed by atoms with E-state index in [2.05, 4.69) is 24.1 Å². The number of carboxylic acids is 1. The summed E-state index contributed by atoms with van der Waals surface area (Å²) in [6.45, 7) is 9.18. The highest BCUT2D eigenvalue weighted by Gasteiger charge is 2.19. The number of carboxylic acid groups (broad SMARTS) is 1. The minimum absolute atomic E-state index is 0.0142. The van der Waals surface area contributed by atoms with Gasteiger partial charge in [-0.1, -0.05) is 37.5 Å². The van der Waals surface area contributed by atoms with Crippen LogP contribution in [-0.2, 0) is 11.2 Å². The van der Waals surface area contributed by atoms with Crippen molar-refractivity contribution < 1.29 is 14.6 Å². The van der Waals surface area contributed by atoms with E-state index in [1.165, 1.54) is 0 Å². The Kier molecular flexibility index (Phi) is 6.37. The molecule has 1 aliphatic rings. The molecule has 1 heterocycles. The highest BCUT2D eigenvalue weighted by Crippen LogP contribution is 2.37. The number of hydrogen-bond acceptors (Lipinski definition) is 3. The van der Waals surface area contributed by atoms with Gasteiger partial charge in [-0.3, -0.25) is 4.79 Å². The summed E-state index contributed by atoms with van der Waals surface area (Å²) < 4.78 is 5.93. The Morgan fingerprint density at radius 1 is 1.32 bits per heavy atom. The molecule has 0 unspecified atom stereocenters. The van der Waals surface area contributed by atoms with Crippen LogP contribution in [0, 0.1) is 0 Å². The summed E-state index contributed by atoms with van der Waals surface area (Å²) in [5.41, 5.74) is 4.64. The average molecular weight is 339 g/mol. The molecule has 25 heavy (non-hydrogen) atoms. The standard InChI is InChI=1S/C21H25NO3/c1-5-16-14-25-20-10-9-15(13-21(23)24)12-19(20)18(17(16)6-2)8-7-11-22(3)4/h5-6,8-10,12H,1-2,7,11,13-14H2,3-4H3,(H,23,24)/b18-8-. The van der Waals surface area contributed by atoms with Gasteiger partial charge in [0.1, 0.15) is 12.4 Å². The van der Waals surface area contributed by atoms with Crippen molar-refractivity contribution in [2.75, 3.05) is 27.2 Å². The quantitative estimate of drug-likeness (QED) is 0.823. The number of fused-ring (bicyclic) bond motifs is 1. The van der Waals surface area contributed by atoms with E-state index in [1.807, 2.05) is 32.3 Å². The molecule has 0 saturated heterocycles. The molecule has 4 nitrogen and oxygen atoms in total. The minimum Gasteiger partial charge on any atom is -0.488 e. The molecule has 0 aliphatic carbocycles. The molecular formula is C21H25NO3. The molecule has 0 saturated carbocycles. The fraction of sp³-hybridized carbons (Fsp3) is 0.286.